The van der Waals surface area contributed by atoms with Gasteiger partial charge in [0.05, 0.1) is 11.6 Å². The van der Waals surface area contributed by atoms with Gasteiger partial charge in [0.1, 0.15) is 6.61 Å². The third-order valence-corrected chi connectivity index (χ3v) is 6.27. The van der Waals surface area contributed by atoms with Crippen molar-refractivity contribution in [3.8, 4) is 23.0 Å². The number of H-pyrrole nitrogens is 1. The Kier molecular flexibility index (Phi) is 7.88. The van der Waals surface area contributed by atoms with E-state index in [2.05, 4.69) is 62.8 Å². The van der Waals surface area contributed by atoms with Crippen molar-refractivity contribution >= 4 is 39.2 Å². The second-order valence-electron chi connectivity index (χ2n) is 7.87. The monoisotopic (exact) mass is 544 g/mol. The molecule has 0 fully saturated rings. The van der Waals surface area contributed by atoms with Gasteiger partial charge in [0.2, 0.25) is 6.79 Å². The van der Waals surface area contributed by atoms with E-state index in [9.17, 15) is 0 Å². The fourth-order valence-electron chi connectivity index (χ4n) is 4.00. The van der Waals surface area contributed by atoms with Gasteiger partial charge < -0.3 is 29.2 Å². The van der Waals surface area contributed by atoms with E-state index in [1.807, 2.05) is 24.3 Å². The highest BCUT2D eigenvalue weighted by atomic mass is 79.9. The van der Waals surface area contributed by atoms with E-state index >= 15 is 0 Å². The summed E-state index contributed by atoms with van der Waals surface area (Å²) in [7, 11) is 1.66. The van der Waals surface area contributed by atoms with Crippen molar-refractivity contribution in [2.45, 2.75) is 19.6 Å². The van der Waals surface area contributed by atoms with E-state index in [0.29, 0.717) is 18.1 Å². The Balaban J connectivity index is 0.00000274. The first-order chi connectivity index (χ1) is 16.2. The zero-order valence-corrected chi connectivity index (χ0v) is 21.1. The van der Waals surface area contributed by atoms with Gasteiger partial charge in [-0.2, -0.15) is 0 Å². The molecule has 178 valence electrons. The van der Waals surface area contributed by atoms with Crippen LogP contribution in [0.2, 0.25) is 0 Å². The molecule has 0 saturated heterocycles. The van der Waals surface area contributed by atoms with Gasteiger partial charge in [0.25, 0.3) is 0 Å². The minimum atomic E-state index is 0. The fraction of sp³-hybridized carbons (Fsp3) is 0.231. The summed E-state index contributed by atoms with van der Waals surface area (Å²) in [5.41, 5.74) is 4.62. The van der Waals surface area contributed by atoms with E-state index in [1.54, 1.807) is 7.11 Å². The molecule has 2 heterocycles. The summed E-state index contributed by atoms with van der Waals surface area (Å²) in [6.45, 7) is 2.27. The number of aromatic amines is 1. The summed E-state index contributed by atoms with van der Waals surface area (Å²) >= 11 is 3.65. The van der Waals surface area contributed by atoms with E-state index < -0.39 is 0 Å². The number of ether oxygens (including phenoxy) is 4. The van der Waals surface area contributed by atoms with Crippen LogP contribution >= 0.6 is 28.3 Å². The number of aromatic nitrogens is 1. The molecule has 1 aliphatic heterocycles. The molecule has 3 aromatic carbocycles. The zero-order chi connectivity index (χ0) is 22.6. The Labute approximate surface area is 213 Å². The quantitative estimate of drug-likeness (QED) is 0.253. The number of benzene rings is 3. The van der Waals surface area contributed by atoms with Crippen LogP contribution in [0.3, 0.4) is 0 Å². The van der Waals surface area contributed by atoms with Crippen LogP contribution in [0.4, 0.5) is 0 Å². The molecule has 0 bridgehead atoms. The van der Waals surface area contributed by atoms with Crippen LogP contribution in [0.1, 0.15) is 16.7 Å². The lowest BCUT2D eigenvalue weighted by Crippen LogP contribution is -2.16. The van der Waals surface area contributed by atoms with Crippen molar-refractivity contribution in [2.24, 2.45) is 0 Å². The minimum Gasteiger partial charge on any atom is -0.493 e. The maximum absolute atomic E-state index is 6.08. The highest BCUT2D eigenvalue weighted by molar-refractivity contribution is 9.10. The van der Waals surface area contributed by atoms with Crippen molar-refractivity contribution in [1.82, 2.24) is 10.3 Å². The molecule has 5 rings (SSSR count). The Morgan fingerprint density at radius 2 is 1.88 bits per heavy atom. The topological polar surface area (TPSA) is 64.7 Å². The van der Waals surface area contributed by atoms with Crippen LogP contribution in [0.5, 0.6) is 23.0 Å². The molecule has 0 aliphatic carbocycles. The van der Waals surface area contributed by atoms with Crippen LogP contribution < -0.4 is 24.3 Å². The largest absolute Gasteiger partial charge is 0.493 e. The molecular weight excluding hydrogens is 520 g/mol. The molecular formula is C26H26BrClN2O4. The molecule has 0 amide bonds. The number of rotatable bonds is 9. The number of nitrogens with one attached hydrogen (secondary N) is 2. The van der Waals surface area contributed by atoms with Gasteiger partial charge in [-0.25, -0.2) is 0 Å². The number of fused-ring (bicyclic) bond motifs is 2. The zero-order valence-electron chi connectivity index (χ0n) is 18.7. The first-order valence-electron chi connectivity index (χ1n) is 10.8. The Bertz CT molecular complexity index is 1280. The number of halogens is 2. The number of hydrogen-bond acceptors (Lipinski definition) is 5. The van der Waals surface area contributed by atoms with Crippen LogP contribution in [0.25, 0.3) is 10.9 Å². The number of hydrogen-bond donors (Lipinski definition) is 2. The van der Waals surface area contributed by atoms with Crippen molar-refractivity contribution < 1.29 is 18.9 Å². The number of para-hydroxylation sites is 1. The Hall–Kier alpha value is -2.87. The Morgan fingerprint density at radius 1 is 1.03 bits per heavy atom. The molecule has 8 heteroatoms. The summed E-state index contributed by atoms with van der Waals surface area (Å²) in [6.07, 6.45) is 3.05. The molecule has 6 nitrogen and oxygen atoms in total. The predicted octanol–water partition coefficient (Wildman–Crippen LogP) is 6.00. The Morgan fingerprint density at radius 3 is 2.76 bits per heavy atom. The van der Waals surface area contributed by atoms with Crippen molar-refractivity contribution in [1.29, 1.82) is 0 Å². The van der Waals surface area contributed by atoms with Gasteiger partial charge in [0, 0.05) is 23.6 Å². The molecule has 34 heavy (non-hydrogen) atoms. The second kappa shape index (κ2) is 11.0. The first kappa shape index (κ1) is 24.3. The smallest absolute Gasteiger partial charge is 0.231 e. The van der Waals surface area contributed by atoms with Crippen LogP contribution in [-0.2, 0) is 19.6 Å². The minimum absolute atomic E-state index is 0. The van der Waals surface area contributed by atoms with Gasteiger partial charge in [-0.3, -0.25) is 0 Å². The van der Waals surface area contributed by atoms with Gasteiger partial charge in [0.15, 0.2) is 23.0 Å². The SMILES string of the molecule is COc1cc(CNCCc2c[nH]c3ccccc23)cc(Br)c1OCc1ccc2c(c1)OCO2.Cl. The van der Waals surface area contributed by atoms with Gasteiger partial charge in [-0.15, -0.1) is 12.4 Å². The van der Waals surface area contributed by atoms with Crippen molar-refractivity contribution in [3.63, 3.8) is 0 Å². The molecule has 0 atom stereocenters. The summed E-state index contributed by atoms with van der Waals surface area (Å²) in [4.78, 5) is 3.33. The van der Waals surface area contributed by atoms with Crippen LogP contribution in [0.15, 0.2) is 65.3 Å². The molecule has 2 N–H and O–H groups in total. The van der Waals surface area contributed by atoms with Crippen molar-refractivity contribution in [3.05, 3.63) is 82.0 Å². The fourth-order valence-corrected chi connectivity index (χ4v) is 4.60. The highest BCUT2D eigenvalue weighted by Gasteiger charge is 2.15. The standard InChI is InChI=1S/C26H25BrN2O4.ClH/c1-30-25-12-18(13-28-9-8-19-14-29-22-5-3-2-4-20(19)22)10-21(27)26(25)31-15-17-6-7-23-24(11-17)33-16-32-23;/h2-7,10-12,14,28-29H,8-9,13,15-16H2,1H3;1H. The third kappa shape index (κ3) is 5.27. The van der Waals surface area contributed by atoms with Gasteiger partial charge in [-0.1, -0.05) is 24.3 Å². The van der Waals surface area contributed by atoms with E-state index in [4.69, 9.17) is 18.9 Å². The summed E-state index contributed by atoms with van der Waals surface area (Å²) in [6, 6.07) is 18.3. The van der Waals surface area contributed by atoms with Crippen LogP contribution in [0, 0.1) is 0 Å². The lowest BCUT2D eigenvalue weighted by molar-refractivity contribution is 0.174. The average Bonchev–Trinajstić information content (AvgIpc) is 3.47. The van der Waals surface area contributed by atoms with E-state index in [-0.39, 0.29) is 19.2 Å². The maximum atomic E-state index is 6.08. The average molecular weight is 546 g/mol. The molecule has 0 unspecified atom stereocenters. The third-order valence-electron chi connectivity index (χ3n) is 5.68. The first-order valence-corrected chi connectivity index (χ1v) is 11.6. The van der Waals surface area contributed by atoms with E-state index in [1.165, 1.54) is 16.5 Å². The normalized spacial score (nSPS) is 11.9. The summed E-state index contributed by atoms with van der Waals surface area (Å²) in [5, 5.41) is 4.81. The van der Waals surface area contributed by atoms with Gasteiger partial charge >= 0.3 is 0 Å². The molecule has 1 aromatic heterocycles. The molecule has 0 radical (unpaired) electrons. The molecule has 0 spiro atoms. The lowest BCUT2D eigenvalue weighted by Gasteiger charge is -2.15. The molecule has 0 saturated carbocycles. The van der Waals surface area contributed by atoms with Crippen LogP contribution in [-0.4, -0.2) is 25.4 Å². The number of methoxy groups -OCH3 is 1. The predicted molar refractivity (Wildman–Crippen MR) is 139 cm³/mol. The van der Waals surface area contributed by atoms with E-state index in [0.717, 1.165) is 46.6 Å². The van der Waals surface area contributed by atoms with Gasteiger partial charge in [-0.05, 0) is 75.9 Å². The molecule has 4 aromatic rings. The second-order valence-corrected chi connectivity index (χ2v) is 8.73. The summed E-state index contributed by atoms with van der Waals surface area (Å²) < 4.78 is 23.4. The highest BCUT2D eigenvalue weighted by Crippen LogP contribution is 2.38. The maximum Gasteiger partial charge on any atom is 0.231 e. The summed E-state index contributed by atoms with van der Waals surface area (Å²) in [5.74, 6) is 2.88. The lowest BCUT2D eigenvalue weighted by atomic mass is 10.1. The van der Waals surface area contributed by atoms with Crippen molar-refractivity contribution in [2.75, 3.05) is 20.4 Å². The molecule has 1 aliphatic rings.